The zero-order chi connectivity index (χ0) is 22.4. The molecule has 1 aromatic carbocycles. The maximum absolute atomic E-state index is 13.1. The Morgan fingerprint density at radius 1 is 1.16 bits per heavy atom. The first-order valence-corrected chi connectivity index (χ1v) is 13.1. The van der Waals surface area contributed by atoms with Gasteiger partial charge in [-0.3, -0.25) is 4.79 Å². The lowest BCUT2D eigenvalue weighted by Gasteiger charge is -2.21. The SMILES string of the molecule is CCOc1ccc(NC(=O)Cc2csc(-c3cccs3)n2)cc1S(=O)(=O)N(CC)CC. The number of hydrogen-bond acceptors (Lipinski definition) is 7. The molecule has 31 heavy (non-hydrogen) atoms. The van der Waals surface area contributed by atoms with Crippen molar-refractivity contribution in [1.82, 2.24) is 9.29 Å². The number of aromatic nitrogens is 1. The number of carbonyl (C=O) groups is 1. The summed E-state index contributed by atoms with van der Waals surface area (Å²) >= 11 is 3.10. The molecule has 0 spiro atoms. The van der Waals surface area contributed by atoms with Gasteiger partial charge in [0.1, 0.15) is 15.7 Å². The molecule has 2 heterocycles. The third-order valence-electron chi connectivity index (χ3n) is 4.48. The van der Waals surface area contributed by atoms with Crippen LogP contribution in [0.3, 0.4) is 0 Å². The highest BCUT2D eigenvalue weighted by Crippen LogP contribution is 2.31. The van der Waals surface area contributed by atoms with Gasteiger partial charge in [0.2, 0.25) is 15.9 Å². The predicted octanol–water partition coefficient (Wildman–Crippen LogP) is 4.48. The minimum Gasteiger partial charge on any atom is -0.492 e. The van der Waals surface area contributed by atoms with Gasteiger partial charge in [0, 0.05) is 24.2 Å². The number of nitrogens with one attached hydrogen (secondary N) is 1. The molecule has 1 amide bonds. The van der Waals surface area contributed by atoms with Gasteiger partial charge in [-0.1, -0.05) is 19.9 Å². The maximum Gasteiger partial charge on any atom is 0.246 e. The molecule has 0 saturated heterocycles. The molecule has 0 fully saturated rings. The fraction of sp³-hybridized carbons (Fsp3) is 0.333. The Kier molecular flexibility index (Phi) is 7.82. The smallest absolute Gasteiger partial charge is 0.246 e. The molecule has 0 radical (unpaired) electrons. The van der Waals surface area contributed by atoms with Crippen molar-refractivity contribution in [2.24, 2.45) is 0 Å². The first-order chi connectivity index (χ1) is 14.9. The minimum atomic E-state index is -3.75. The summed E-state index contributed by atoms with van der Waals surface area (Å²) in [7, 11) is -3.75. The number of ether oxygens (including phenoxy) is 1. The molecular weight excluding hydrogens is 454 g/mol. The van der Waals surface area contributed by atoms with Crippen LogP contribution in [0.1, 0.15) is 26.5 Å². The normalized spacial score (nSPS) is 11.6. The Balaban J connectivity index is 1.79. The van der Waals surface area contributed by atoms with Crippen LogP contribution in [-0.4, -0.2) is 43.3 Å². The molecule has 10 heteroatoms. The van der Waals surface area contributed by atoms with Crippen LogP contribution in [0.2, 0.25) is 0 Å². The highest BCUT2D eigenvalue weighted by Gasteiger charge is 2.26. The lowest BCUT2D eigenvalue weighted by Crippen LogP contribution is -2.31. The molecule has 0 aliphatic carbocycles. The van der Waals surface area contributed by atoms with Crippen molar-refractivity contribution in [3.8, 4) is 15.6 Å². The average Bonchev–Trinajstić information content (AvgIpc) is 3.42. The van der Waals surface area contributed by atoms with Gasteiger partial charge in [0.15, 0.2) is 0 Å². The highest BCUT2D eigenvalue weighted by atomic mass is 32.2. The van der Waals surface area contributed by atoms with Crippen LogP contribution in [0.25, 0.3) is 9.88 Å². The summed E-state index contributed by atoms with van der Waals surface area (Å²) in [5, 5.41) is 7.51. The van der Waals surface area contributed by atoms with Crippen molar-refractivity contribution >= 4 is 44.3 Å². The number of anilines is 1. The summed E-state index contributed by atoms with van der Waals surface area (Å²) < 4.78 is 33.0. The average molecular weight is 480 g/mol. The summed E-state index contributed by atoms with van der Waals surface area (Å²) in [6.07, 6.45) is 0.104. The molecule has 3 aromatic rings. The highest BCUT2D eigenvalue weighted by molar-refractivity contribution is 7.89. The van der Waals surface area contributed by atoms with E-state index in [1.165, 1.54) is 21.7 Å². The quantitative estimate of drug-likeness (QED) is 0.463. The van der Waals surface area contributed by atoms with Gasteiger partial charge in [-0.05, 0) is 36.6 Å². The number of carbonyl (C=O) groups excluding carboxylic acids is 1. The molecule has 166 valence electrons. The largest absolute Gasteiger partial charge is 0.492 e. The zero-order valence-electron chi connectivity index (χ0n) is 17.6. The molecule has 3 rings (SSSR count). The lowest BCUT2D eigenvalue weighted by molar-refractivity contribution is -0.115. The summed E-state index contributed by atoms with van der Waals surface area (Å²) in [5.41, 5.74) is 1.07. The van der Waals surface area contributed by atoms with Gasteiger partial charge in [-0.25, -0.2) is 13.4 Å². The molecule has 2 aromatic heterocycles. The van der Waals surface area contributed by atoms with E-state index >= 15 is 0 Å². The third-order valence-corrected chi connectivity index (χ3v) is 8.48. The van der Waals surface area contributed by atoms with Crippen LogP contribution in [0.15, 0.2) is 46.0 Å². The Labute approximate surface area is 190 Å². The Morgan fingerprint density at radius 2 is 1.94 bits per heavy atom. The van der Waals surface area contributed by atoms with E-state index in [2.05, 4.69) is 10.3 Å². The number of rotatable bonds is 10. The van der Waals surface area contributed by atoms with Crippen molar-refractivity contribution in [3.63, 3.8) is 0 Å². The topological polar surface area (TPSA) is 88.6 Å². The second-order valence-corrected chi connectivity index (χ2v) is 10.2. The van der Waals surface area contributed by atoms with Crippen molar-refractivity contribution in [2.75, 3.05) is 25.0 Å². The van der Waals surface area contributed by atoms with E-state index < -0.39 is 10.0 Å². The number of hydrogen-bond donors (Lipinski definition) is 1. The Hall–Kier alpha value is -2.27. The molecule has 7 nitrogen and oxygen atoms in total. The summed E-state index contributed by atoms with van der Waals surface area (Å²) in [4.78, 5) is 18.2. The molecule has 0 saturated carbocycles. The zero-order valence-corrected chi connectivity index (χ0v) is 20.1. The van der Waals surface area contributed by atoms with Gasteiger partial charge >= 0.3 is 0 Å². The second-order valence-electron chi connectivity index (χ2n) is 6.53. The molecular formula is C21H25N3O4S3. The molecule has 0 aliphatic rings. The van der Waals surface area contributed by atoms with Gasteiger partial charge in [0.25, 0.3) is 0 Å². The van der Waals surface area contributed by atoms with Crippen molar-refractivity contribution in [2.45, 2.75) is 32.1 Å². The van der Waals surface area contributed by atoms with Crippen LogP contribution in [0.5, 0.6) is 5.75 Å². The van der Waals surface area contributed by atoms with Crippen LogP contribution in [0, 0.1) is 0 Å². The summed E-state index contributed by atoms with van der Waals surface area (Å²) in [6, 6.07) is 8.62. The van der Waals surface area contributed by atoms with E-state index in [0.29, 0.717) is 31.1 Å². The van der Waals surface area contributed by atoms with Gasteiger partial charge in [-0.2, -0.15) is 4.31 Å². The fourth-order valence-corrected chi connectivity index (χ4v) is 6.29. The number of amides is 1. The molecule has 0 atom stereocenters. The number of thiophene rings is 1. The van der Waals surface area contributed by atoms with E-state index in [-0.39, 0.29) is 23.0 Å². The van der Waals surface area contributed by atoms with Gasteiger partial charge in [-0.15, -0.1) is 22.7 Å². The van der Waals surface area contributed by atoms with E-state index in [0.717, 1.165) is 9.88 Å². The minimum absolute atomic E-state index is 0.0458. The second kappa shape index (κ2) is 10.4. The van der Waals surface area contributed by atoms with Crippen LogP contribution >= 0.6 is 22.7 Å². The van der Waals surface area contributed by atoms with Gasteiger partial charge < -0.3 is 10.1 Å². The van der Waals surface area contributed by atoms with Crippen molar-refractivity contribution < 1.29 is 17.9 Å². The van der Waals surface area contributed by atoms with E-state index in [1.54, 1.807) is 44.2 Å². The fourth-order valence-electron chi connectivity index (χ4n) is 3.04. The number of benzene rings is 1. The summed E-state index contributed by atoms with van der Waals surface area (Å²) in [6.45, 7) is 6.39. The lowest BCUT2D eigenvalue weighted by atomic mass is 10.2. The molecule has 0 unspecified atom stereocenters. The predicted molar refractivity (Wildman–Crippen MR) is 125 cm³/mol. The van der Waals surface area contributed by atoms with E-state index in [9.17, 15) is 13.2 Å². The van der Waals surface area contributed by atoms with Crippen LogP contribution < -0.4 is 10.1 Å². The molecule has 1 N–H and O–H groups in total. The monoisotopic (exact) mass is 479 g/mol. The third kappa shape index (κ3) is 5.51. The number of nitrogens with zero attached hydrogens (tertiary/aromatic N) is 2. The first-order valence-electron chi connectivity index (χ1n) is 9.94. The van der Waals surface area contributed by atoms with E-state index in [1.807, 2.05) is 22.9 Å². The summed E-state index contributed by atoms with van der Waals surface area (Å²) in [5.74, 6) is 0.00543. The molecule has 0 aliphatic heterocycles. The standard InChI is InChI=1S/C21H25N3O4S3/c1-4-24(5-2)31(26,27)19-12-15(9-10-17(19)28-6-3)22-20(25)13-16-14-30-21(23-16)18-8-7-11-29-18/h7-12,14H,4-6,13H2,1-3H3,(H,22,25). The Bertz CT molecular complexity index is 1120. The Morgan fingerprint density at radius 3 is 2.58 bits per heavy atom. The van der Waals surface area contributed by atoms with Crippen molar-refractivity contribution in [1.29, 1.82) is 0 Å². The van der Waals surface area contributed by atoms with E-state index in [4.69, 9.17) is 4.74 Å². The number of thiazole rings is 1. The maximum atomic E-state index is 13.1. The molecule has 0 bridgehead atoms. The van der Waals surface area contributed by atoms with Crippen molar-refractivity contribution in [3.05, 3.63) is 46.8 Å². The van der Waals surface area contributed by atoms with Gasteiger partial charge in [0.05, 0.1) is 23.6 Å². The van der Waals surface area contributed by atoms with Crippen LogP contribution in [0.4, 0.5) is 5.69 Å². The first kappa shape index (κ1) is 23.4. The number of sulfonamides is 1. The van der Waals surface area contributed by atoms with Crippen LogP contribution in [-0.2, 0) is 21.2 Å².